The van der Waals surface area contributed by atoms with E-state index in [1.54, 1.807) is 6.07 Å². The lowest BCUT2D eigenvalue weighted by atomic mass is 9.91. The number of nitrogens with one attached hydrogen (secondary N) is 3. The summed E-state index contributed by atoms with van der Waals surface area (Å²) in [5.41, 5.74) is 2.17. The summed E-state index contributed by atoms with van der Waals surface area (Å²) in [6.45, 7) is 4.40. The quantitative estimate of drug-likeness (QED) is 0.164. The molecule has 1 aliphatic carbocycles. The van der Waals surface area contributed by atoms with Crippen LogP contribution < -0.4 is 20.9 Å². The van der Waals surface area contributed by atoms with Crippen LogP contribution in [0.5, 0.6) is 0 Å². The number of carbonyl (C=O) groups is 4. The molecule has 49 heavy (non-hydrogen) atoms. The number of amides is 4. The Hall–Kier alpha value is -4.91. The molecule has 3 fully saturated rings. The molecule has 13 heteroatoms. The van der Waals surface area contributed by atoms with Gasteiger partial charge in [0.05, 0.1) is 11.3 Å². The number of anilines is 2. The van der Waals surface area contributed by atoms with Gasteiger partial charge in [0.2, 0.25) is 17.7 Å². The van der Waals surface area contributed by atoms with Crippen molar-refractivity contribution in [2.75, 3.05) is 42.9 Å². The van der Waals surface area contributed by atoms with E-state index in [2.05, 4.69) is 41.1 Å². The Morgan fingerprint density at radius 3 is 2.53 bits per heavy atom. The van der Waals surface area contributed by atoms with E-state index in [9.17, 15) is 19.2 Å². The van der Waals surface area contributed by atoms with E-state index in [0.717, 1.165) is 93.2 Å². The van der Waals surface area contributed by atoms with Crippen molar-refractivity contribution in [2.24, 2.45) is 0 Å². The summed E-state index contributed by atoms with van der Waals surface area (Å²) in [5, 5.41) is 23.8. The molecule has 256 valence electrons. The van der Waals surface area contributed by atoms with E-state index < -0.39 is 5.92 Å². The molecule has 4 aromatic rings. The average Bonchev–Trinajstić information content (AvgIpc) is 3.55. The number of hydrogen-bond acceptors (Lipinski definition) is 10. The first kappa shape index (κ1) is 32.6. The molecule has 2 saturated heterocycles. The summed E-state index contributed by atoms with van der Waals surface area (Å²) in [6, 6.07) is 13.3. The molecule has 7 rings (SSSR count). The molecule has 2 aromatic heterocycles. The number of fused-ring (bicyclic) bond motifs is 3. The third-order valence-electron chi connectivity index (χ3n) is 9.98. The molecule has 0 radical (unpaired) electrons. The molecule has 1 unspecified atom stereocenters. The maximum atomic E-state index is 12.8. The summed E-state index contributed by atoms with van der Waals surface area (Å²) in [4.78, 5) is 54.1. The summed E-state index contributed by atoms with van der Waals surface area (Å²) in [5.74, 6) is -0.566. The van der Waals surface area contributed by atoms with Gasteiger partial charge in [0.25, 0.3) is 5.91 Å². The molecular weight excluding hydrogens is 624 g/mol. The molecule has 2 aliphatic heterocycles. The first-order chi connectivity index (χ1) is 23.9. The Kier molecular flexibility index (Phi) is 9.78. The average molecular weight is 667 g/mol. The molecule has 0 bridgehead atoms. The number of piperazine rings is 1. The largest absolute Gasteiger partial charge is 0.356 e. The van der Waals surface area contributed by atoms with Crippen molar-refractivity contribution in [1.29, 1.82) is 0 Å². The minimum atomic E-state index is -0.550. The first-order valence-corrected chi connectivity index (χ1v) is 17.5. The Labute approximate surface area is 284 Å². The topological polar surface area (TPSA) is 163 Å². The highest BCUT2D eigenvalue weighted by atomic mass is 16.5. The van der Waals surface area contributed by atoms with E-state index in [0.29, 0.717) is 35.5 Å². The fourth-order valence-corrected chi connectivity index (χ4v) is 7.23. The number of imide groups is 1. The summed E-state index contributed by atoms with van der Waals surface area (Å²) in [7, 11) is 0. The molecule has 4 amide bonds. The zero-order valence-corrected chi connectivity index (χ0v) is 27.6. The summed E-state index contributed by atoms with van der Waals surface area (Å²) < 4.78 is 5.53. The van der Waals surface area contributed by atoms with Crippen LogP contribution in [0.3, 0.4) is 0 Å². The predicted octanol–water partition coefficient (Wildman–Crippen LogP) is 4.28. The highest BCUT2D eigenvalue weighted by molar-refractivity contribution is 6.11. The van der Waals surface area contributed by atoms with Crippen LogP contribution >= 0.6 is 0 Å². The zero-order chi connectivity index (χ0) is 33.7. The standard InChI is InChI=1S/C36H42N8O5/c45-31(37-25-10-11-26-23(22-25)9-14-29-33(26)34(42-49-29)27-12-16-32(46)39-35(27)47)8-4-5-17-43-18-20-44(21-19-43)30-15-13-28(40-41-30)36(48)38-24-6-2-1-3-7-24/h9-11,13-15,22,24,27H,1-8,12,16-21H2,(H,37,45)(H,38,48)(H,39,46,47). The third-order valence-corrected chi connectivity index (χ3v) is 9.98. The lowest BCUT2D eigenvalue weighted by molar-refractivity contribution is -0.134. The maximum absolute atomic E-state index is 12.8. The van der Waals surface area contributed by atoms with Crippen LogP contribution in [-0.2, 0) is 14.4 Å². The lowest BCUT2D eigenvalue weighted by Gasteiger charge is -2.35. The number of hydrogen-bond donors (Lipinski definition) is 3. The summed E-state index contributed by atoms with van der Waals surface area (Å²) in [6.07, 6.45) is 8.43. The first-order valence-electron chi connectivity index (χ1n) is 17.5. The van der Waals surface area contributed by atoms with Gasteiger partial charge in [-0.15, -0.1) is 10.2 Å². The summed E-state index contributed by atoms with van der Waals surface area (Å²) >= 11 is 0. The van der Waals surface area contributed by atoms with Gasteiger partial charge in [0.15, 0.2) is 17.1 Å². The number of piperidine rings is 1. The van der Waals surface area contributed by atoms with Crippen LogP contribution in [0.4, 0.5) is 11.5 Å². The van der Waals surface area contributed by atoms with Gasteiger partial charge >= 0.3 is 0 Å². The van der Waals surface area contributed by atoms with Gasteiger partial charge in [-0.2, -0.15) is 0 Å². The zero-order valence-electron chi connectivity index (χ0n) is 27.6. The van der Waals surface area contributed by atoms with E-state index in [1.165, 1.54) is 6.42 Å². The minimum Gasteiger partial charge on any atom is -0.356 e. The van der Waals surface area contributed by atoms with Gasteiger partial charge < -0.3 is 20.1 Å². The lowest BCUT2D eigenvalue weighted by Crippen LogP contribution is -2.47. The van der Waals surface area contributed by atoms with E-state index in [4.69, 9.17) is 4.52 Å². The maximum Gasteiger partial charge on any atom is 0.272 e. The van der Waals surface area contributed by atoms with Gasteiger partial charge in [0, 0.05) is 50.7 Å². The number of aromatic nitrogens is 3. The number of benzene rings is 2. The van der Waals surface area contributed by atoms with Crippen molar-refractivity contribution in [3.05, 3.63) is 53.9 Å². The third kappa shape index (κ3) is 7.56. The normalized spacial score (nSPS) is 19.3. The van der Waals surface area contributed by atoms with Crippen LogP contribution in [0.25, 0.3) is 21.7 Å². The van der Waals surface area contributed by atoms with Crippen molar-refractivity contribution in [1.82, 2.24) is 30.9 Å². The molecule has 4 heterocycles. The van der Waals surface area contributed by atoms with Crippen molar-refractivity contribution < 1.29 is 23.7 Å². The van der Waals surface area contributed by atoms with E-state index in [1.807, 2.05) is 36.4 Å². The second-order valence-electron chi connectivity index (χ2n) is 13.4. The van der Waals surface area contributed by atoms with Gasteiger partial charge in [-0.05, 0) is 79.8 Å². The fraction of sp³-hybridized carbons (Fsp3) is 0.472. The molecule has 3 aliphatic rings. The van der Waals surface area contributed by atoms with Gasteiger partial charge in [0.1, 0.15) is 5.69 Å². The van der Waals surface area contributed by atoms with Gasteiger partial charge in [-0.1, -0.05) is 36.6 Å². The fourth-order valence-electron chi connectivity index (χ4n) is 7.23. The molecule has 3 N–H and O–H groups in total. The molecule has 1 atom stereocenters. The molecule has 13 nitrogen and oxygen atoms in total. The molecule has 2 aromatic carbocycles. The van der Waals surface area contributed by atoms with Gasteiger partial charge in [-0.3, -0.25) is 29.4 Å². The Morgan fingerprint density at radius 1 is 0.918 bits per heavy atom. The molecule has 1 saturated carbocycles. The minimum absolute atomic E-state index is 0.0334. The smallest absolute Gasteiger partial charge is 0.272 e. The number of carbonyl (C=O) groups excluding carboxylic acids is 4. The van der Waals surface area contributed by atoms with E-state index >= 15 is 0 Å². The Balaban J connectivity index is 0.847. The van der Waals surface area contributed by atoms with Crippen LogP contribution in [0, 0.1) is 0 Å². The van der Waals surface area contributed by atoms with Crippen LogP contribution in [0.1, 0.15) is 86.3 Å². The SMILES string of the molecule is O=C1CCC(c2noc3ccc4cc(NC(=O)CCCCN5CCN(c6ccc(C(=O)NC7CCCCC7)nn6)CC5)ccc4c23)C(=O)N1. The van der Waals surface area contributed by atoms with Crippen molar-refractivity contribution in [3.8, 4) is 0 Å². The second-order valence-corrected chi connectivity index (χ2v) is 13.4. The second kappa shape index (κ2) is 14.7. The number of nitrogens with zero attached hydrogens (tertiary/aromatic N) is 5. The Bertz CT molecular complexity index is 1840. The predicted molar refractivity (Wildman–Crippen MR) is 184 cm³/mol. The number of unbranched alkanes of at least 4 members (excludes halogenated alkanes) is 1. The van der Waals surface area contributed by atoms with Crippen LogP contribution in [-0.4, -0.2) is 82.6 Å². The van der Waals surface area contributed by atoms with Crippen molar-refractivity contribution in [2.45, 2.75) is 76.2 Å². The van der Waals surface area contributed by atoms with Gasteiger partial charge in [-0.25, -0.2) is 0 Å². The van der Waals surface area contributed by atoms with Crippen LogP contribution in [0.2, 0.25) is 0 Å². The van der Waals surface area contributed by atoms with Crippen molar-refractivity contribution in [3.63, 3.8) is 0 Å². The number of rotatable bonds is 10. The highest BCUT2D eigenvalue weighted by Gasteiger charge is 2.32. The van der Waals surface area contributed by atoms with Crippen molar-refractivity contribution >= 4 is 56.9 Å². The monoisotopic (exact) mass is 666 g/mol. The van der Waals surface area contributed by atoms with E-state index in [-0.39, 0.29) is 36.1 Å². The highest BCUT2D eigenvalue weighted by Crippen LogP contribution is 2.36. The molecule has 0 spiro atoms. The Morgan fingerprint density at radius 2 is 1.76 bits per heavy atom. The molecular formula is C36H42N8O5. The van der Waals surface area contributed by atoms with Crippen LogP contribution in [0.15, 0.2) is 47.0 Å².